The van der Waals surface area contributed by atoms with Crippen molar-refractivity contribution in [3.05, 3.63) is 58.9 Å². The lowest BCUT2D eigenvalue weighted by atomic mass is 10.1. The molecule has 158 valence electrons. The number of aryl methyl sites for hydroxylation is 3. The maximum Gasteiger partial charge on any atom is 0.305 e. The highest BCUT2D eigenvalue weighted by atomic mass is 16.4. The van der Waals surface area contributed by atoms with Crippen molar-refractivity contribution in [3.63, 3.8) is 0 Å². The summed E-state index contributed by atoms with van der Waals surface area (Å²) in [5.41, 5.74) is 9.80. The summed E-state index contributed by atoms with van der Waals surface area (Å²) >= 11 is 0. The molecule has 1 aliphatic rings. The number of nitrogens with one attached hydrogen (secondary N) is 1. The number of rotatable bonds is 9. The van der Waals surface area contributed by atoms with E-state index in [0.717, 1.165) is 50.2 Å². The van der Waals surface area contributed by atoms with Gasteiger partial charge in [-0.05, 0) is 56.7 Å². The van der Waals surface area contributed by atoms with Crippen molar-refractivity contribution in [3.8, 4) is 0 Å². The molecule has 0 saturated carbocycles. The van der Waals surface area contributed by atoms with Gasteiger partial charge in [0.2, 0.25) is 0 Å². The molecule has 0 amide bonds. The number of aliphatic carboxylic acids is 1. The van der Waals surface area contributed by atoms with E-state index in [1.165, 1.54) is 5.56 Å². The molecule has 30 heavy (non-hydrogen) atoms. The Morgan fingerprint density at radius 3 is 2.93 bits per heavy atom. The molecule has 8 heteroatoms. The van der Waals surface area contributed by atoms with Crippen LogP contribution in [0.1, 0.15) is 54.4 Å². The van der Waals surface area contributed by atoms with Gasteiger partial charge < -0.3 is 16.2 Å². The second-order valence-electron chi connectivity index (χ2n) is 7.41. The number of nitrogens with zero attached hydrogens (tertiary/aromatic N) is 4. The molecule has 2 aromatic heterocycles. The topological polar surface area (TPSA) is 126 Å². The smallest absolute Gasteiger partial charge is 0.305 e. The van der Waals surface area contributed by atoms with Gasteiger partial charge in [-0.3, -0.25) is 9.79 Å². The van der Waals surface area contributed by atoms with Gasteiger partial charge in [0.1, 0.15) is 11.6 Å². The van der Waals surface area contributed by atoms with Gasteiger partial charge in [0.15, 0.2) is 0 Å². The monoisotopic (exact) mass is 408 g/mol. The van der Waals surface area contributed by atoms with Crippen molar-refractivity contribution < 1.29 is 9.90 Å². The molecule has 1 atom stereocenters. The lowest BCUT2D eigenvalue weighted by Gasteiger charge is -2.17. The van der Waals surface area contributed by atoms with Crippen LogP contribution in [0.2, 0.25) is 0 Å². The molecule has 8 nitrogen and oxygen atoms in total. The van der Waals surface area contributed by atoms with Gasteiger partial charge in [-0.1, -0.05) is 6.07 Å². The Balaban J connectivity index is 1.53. The maximum atomic E-state index is 11.1. The van der Waals surface area contributed by atoms with E-state index in [0.29, 0.717) is 17.1 Å². The van der Waals surface area contributed by atoms with E-state index < -0.39 is 12.0 Å². The molecule has 3 heterocycles. The Kier molecular flexibility index (Phi) is 7.48. The highest BCUT2D eigenvalue weighted by Gasteiger charge is 2.14. The Morgan fingerprint density at radius 1 is 1.37 bits per heavy atom. The minimum Gasteiger partial charge on any atom is -0.481 e. The molecule has 0 bridgehead atoms. The average molecular weight is 409 g/mol. The number of anilines is 1. The number of carbonyl (C=O) groups is 1. The van der Waals surface area contributed by atoms with Gasteiger partial charge in [-0.25, -0.2) is 15.0 Å². The van der Waals surface area contributed by atoms with Gasteiger partial charge in [0.05, 0.1) is 12.5 Å². The Bertz CT molecular complexity index is 924. The molecule has 0 radical (unpaired) electrons. The first-order chi connectivity index (χ1) is 14.5. The molecule has 0 aromatic carbocycles. The van der Waals surface area contributed by atoms with Crippen LogP contribution in [-0.2, 0) is 17.6 Å². The lowest BCUT2D eigenvalue weighted by molar-refractivity contribution is -0.137. The van der Waals surface area contributed by atoms with E-state index in [4.69, 9.17) is 15.8 Å². The van der Waals surface area contributed by atoms with E-state index in [1.807, 2.05) is 0 Å². The fourth-order valence-corrected chi connectivity index (χ4v) is 3.30. The summed E-state index contributed by atoms with van der Waals surface area (Å²) < 4.78 is 0. The van der Waals surface area contributed by atoms with Crippen LogP contribution in [0, 0.1) is 6.92 Å². The second-order valence-corrected chi connectivity index (χ2v) is 7.41. The first-order valence-electron chi connectivity index (χ1n) is 10.2. The summed E-state index contributed by atoms with van der Waals surface area (Å²) in [6.45, 7) is 2.76. The van der Waals surface area contributed by atoms with Crippen LogP contribution in [0.3, 0.4) is 0 Å². The van der Waals surface area contributed by atoms with E-state index in [-0.39, 0.29) is 6.42 Å². The van der Waals surface area contributed by atoms with Crippen molar-refractivity contribution in [1.82, 2.24) is 15.0 Å². The molecule has 0 saturated heterocycles. The number of carboxylic acid groups (broad SMARTS) is 1. The molecule has 3 rings (SSSR count). The minimum atomic E-state index is -0.929. The predicted octanol–water partition coefficient (Wildman–Crippen LogP) is 2.99. The maximum absolute atomic E-state index is 11.1. The van der Waals surface area contributed by atoms with Crippen LogP contribution in [0.5, 0.6) is 0 Å². The predicted molar refractivity (Wildman–Crippen MR) is 117 cm³/mol. The van der Waals surface area contributed by atoms with Crippen molar-refractivity contribution in [2.24, 2.45) is 10.7 Å². The van der Waals surface area contributed by atoms with Crippen LogP contribution >= 0.6 is 0 Å². The number of aliphatic imine (C=N–C) groups is 1. The van der Waals surface area contributed by atoms with Crippen LogP contribution in [0.25, 0.3) is 0 Å². The third kappa shape index (κ3) is 6.37. The summed E-state index contributed by atoms with van der Waals surface area (Å²) in [6.07, 6.45) is 11.1. The van der Waals surface area contributed by atoms with Gasteiger partial charge >= 0.3 is 5.97 Å². The fourth-order valence-electron chi connectivity index (χ4n) is 3.30. The molecule has 1 unspecified atom stereocenters. The minimum absolute atomic E-state index is 0.130. The number of hydrogen-bond acceptors (Lipinski definition) is 7. The molecular weight excluding hydrogens is 380 g/mol. The molecular formula is C22H28N6O2. The van der Waals surface area contributed by atoms with Gasteiger partial charge in [-0.15, -0.1) is 0 Å². The van der Waals surface area contributed by atoms with E-state index in [2.05, 4.69) is 32.4 Å². The van der Waals surface area contributed by atoms with Crippen molar-refractivity contribution in [2.75, 3.05) is 11.9 Å². The molecule has 0 aliphatic carbocycles. The van der Waals surface area contributed by atoms with E-state index in [9.17, 15) is 4.79 Å². The zero-order chi connectivity index (χ0) is 21.3. The largest absolute Gasteiger partial charge is 0.481 e. The number of fused-ring (bicyclic) bond motifs is 1. The Morgan fingerprint density at radius 2 is 2.17 bits per heavy atom. The van der Waals surface area contributed by atoms with Crippen LogP contribution < -0.4 is 11.1 Å². The van der Waals surface area contributed by atoms with E-state index >= 15 is 0 Å². The Hall–Kier alpha value is -3.29. The van der Waals surface area contributed by atoms with Crippen molar-refractivity contribution in [2.45, 2.75) is 51.5 Å². The molecule has 4 N–H and O–H groups in total. The number of pyridine rings is 1. The zero-order valence-corrected chi connectivity index (χ0v) is 17.2. The normalized spacial score (nSPS) is 14.9. The summed E-state index contributed by atoms with van der Waals surface area (Å²) in [7, 11) is 0. The fraction of sp³-hybridized carbons (Fsp3) is 0.409. The van der Waals surface area contributed by atoms with Crippen LogP contribution in [-0.4, -0.2) is 38.8 Å². The van der Waals surface area contributed by atoms with Crippen LogP contribution in [0.4, 0.5) is 5.82 Å². The molecule has 1 aliphatic heterocycles. The van der Waals surface area contributed by atoms with Gasteiger partial charge in [0, 0.05) is 42.1 Å². The quantitative estimate of drug-likeness (QED) is 0.544. The summed E-state index contributed by atoms with van der Waals surface area (Å²) in [5, 5.41) is 12.5. The SMILES string of the molecule is Cc1ncc(C(CC(=O)O)N=CC=C(N)CCCc2ccc3c(n2)NCCC3)cn1. The number of carboxylic acids is 1. The first kappa shape index (κ1) is 21.4. The average Bonchev–Trinajstić information content (AvgIpc) is 2.73. The highest BCUT2D eigenvalue weighted by Crippen LogP contribution is 2.21. The summed E-state index contributed by atoms with van der Waals surface area (Å²) in [5.74, 6) is 0.714. The number of aromatic nitrogens is 3. The summed E-state index contributed by atoms with van der Waals surface area (Å²) in [4.78, 5) is 28.4. The van der Waals surface area contributed by atoms with Crippen molar-refractivity contribution in [1.29, 1.82) is 0 Å². The number of nitrogens with two attached hydrogens (primary N) is 1. The summed E-state index contributed by atoms with van der Waals surface area (Å²) in [6, 6.07) is 3.71. The lowest BCUT2D eigenvalue weighted by Crippen LogP contribution is -2.14. The zero-order valence-electron chi connectivity index (χ0n) is 17.2. The second kappa shape index (κ2) is 10.5. The molecule has 0 fully saturated rings. The Labute approximate surface area is 176 Å². The highest BCUT2D eigenvalue weighted by molar-refractivity contribution is 5.73. The third-order valence-corrected chi connectivity index (χ3v) is 4.96. The van der Waals surface area contributed by atoms with Gasteiger partial charge in [-0.2, -0.15) is 0 Å². The number of hydrogen-bond donors (Lipinski definition) is 3. The van der Waals surface area contributed by atoms with Crippen LogP contribution in [0.15, 0.2) is 41.3 Å². The molecule has 0 spiro atoms. The first-order valence-corrected chi connectivity index (χ1v) is 10.2. The standard InChI is InChI=1S/C22H28N6O2/c1-15-26-13-17(14-27-15)20(12-21(29)30)24-11-9-18(23)5-2-6-19-8-7-16-4-3-10-25-22(16)28-19/h7-9,11,13-14,20H,2-6,10,12,23H2,1H3,(H,25,28)(H,29,30). The van der Waals surface area contributed by atoms with Gasteiger partial charge in [0.25, 0.3) is 0 Å². The third-order valence-electron chi connectivity index (χ3n) is 4.96. The molecule has 2 aromatic rings. The number of allylic oxidation sites excluding steroid dienone is 2. The van der Waals surface area contributed by atoms with E-state index in [1.54, 1.807) is 31.6 Å². The van der Waals surface area contributed by atoms with Crippen molar-refractivity contribution >= 4 is 18.0 Å².